The zero-order chi connectivity index (χ0) is 17.5. The number of ether oxygens (including phenoxy) is 1. The van der Waals surface area contributed by atoms with Gasteiger partial charge in [-0.3, -0.25) is 10.1 Å². The highest BCUT2D eigenvalue weighted by molar-refractivity contribution is 5.98. The molecule has 126 valence electrons. The van der Waals surface area contributed by atoms with Crippen molar-refractivity contribution in [3.05, 3.63) is 36.2 Å². The topological polar surface area (TPSA) is 111 Å². The van der Waals surface area contributed by atoms with Crippen LogP contribution in [0.1, 0.15) is 19.7 Å². The summed E-state index contributed by atoms with van der Waals surface area (Å²) in [5, 5.41) is 4.45. The molecular weight excluding hydrogens is 314 g/mol. The lowest BCUT2D eigenvalue weighted by Crippen LogP contribution is -2.44. The number of hydrogen-bond donors (Lipinski definition) is 2. The molecule has 2 rings (SSSR count). The molecule has 0 bridgehead atoms. The standard InChI is InChI=1S/C16H17N3O5/c1-3-17-16(22)19-15(21)10(2)23-14(20)9-8-13-18-11-6-4-5-7-12(11)24-13/h4-10H,3H2,1-2H3,(H2,17,19,21,22)/b9-8+/t10-/m1/s1. The van der Waals surface area contributed by atoms with Crippen molar-refractivity contribution >= 4 is 35.1 Å². The largest absolute Gasteiger partial charge is 0.449 e. The highest BCUT2D eigenvalue weighted by atomic mass is 16.5. The zero-order valence-electron chi connectivity index (χ0n) is 13.2. The molecule has 0 aliphatic carbocycles. The van der Waals surface area contributed by atoms with Gasteiger partial charge in [0.15, 0.2) is 11.7 Å². The molecule has 0 saturated heterocycles. The molecule has 0 spiro atoms. The van der Waals surface area contributed by atoms with Crippen molar-refractivity contribution in [3.8, 4) is 0 Å². The first-order chi connectivity index (χ1) is 11.5. The summed E-state index contributed by atoms with van der Waals surface area (Å²) < 4.78 is 10.3. The molecule has 0 aliphatic rings. The molecule has 0 fully saturated rings. The third kappa shape index (κ3) is 4.67. The van der Waals surface area contributed by atoms with E-state index in [-0.39, 0.29) is 5.89 Å². The highest BCUT2D eigenvalue weighted by Crippen LogP contribution is 2.15. The molecule has 3 amide bonds. The molecule has 0 radical (unpaired) electrons. The molecule has 1 aromatic carbocycles. The number of fused-ring (bicyclic) bond motifs is 1. The fraction of sp³-hybridized carbons (Fsp3) is 0.250. The Morgan fingerprint density at radius 2 is 2.08 bits per heavy atom. The lowest BCUT2D eigenvalue weighted by atomic mass is 10.3. The van der Waals surface area contributed by atoms with Crippen LogP contribution in [0, 0.1) is 0 Å². The van der Waals surface area contributed by atoms with Crippen LogP contribution in [0.3, 0.4) is 0 Å². The van der Waals surface area contributed by atoms with E-state index in [1.165, 1.54) is 13.0 Å². The van der Waals surface area contributed by atoms with Gasteiger partial charge in [-0.1, -0.05) is 12.1 Å². The molecule has 8 nitrogen and oxygen atoms in total. The number of carbonyl (C=O) groups is 3. The molecule has 2 aromatic rings. The number of para-hydroxylation sites is 2. The van der Waals surface area contributed by atoms with Crippen LogP contribution < -0.4 is 10.6 Å². The van der Waals surface area contributed by atoms with Crippen molar-refractivity contribution in [2.45, 2.75) is 20.0 Å². The fourth-order valence-corrected chi connectivity index (χ4v) is 1.79. The third-order valence-electron chi connectivity index (χ3n) is 2.91. The van der Waals surface area contributed by atoms with E-state index in [0.29, 0.717) is 17.6 Å². The van der Waals surface area contributed by atoms with Gasteiger partial charge in [0, 0.05) is 18.7 Å². The van der Waals surface area contributed by atoms with Crippen molar-refractivity contribution < 1.29 is 23.5 Å². The van der Waals surface area contributed by atoms with Crippen LogP contribution in [0.15, 0.2) is 34.8 Å². The number of rotatable bonds is 5. The number of carbonyl (C=O) groups excluding carboxylic acids is 3. The van der Waals surface area contributed by atoms with Crippen molar-refractivity contribution in [2.75, 3.05) is 6.54 Å². The van der Waals surface area contributed by atoms with Gasteiger partial charge in [0.1, 0.15) is 5.52 Å². The molecular formula is C16H17N3O5. The van der Waals surface area contributed by atoms with Gasteiger partial charge in [-0.05, 0) is 26.0 Å². The summed E-state index contributed by atoms with van der Waals surface area (Å²) in [4.78, 5) is 38.7. The number of urea groups is 1. The summed E-state index contributed by atoms with van der Waals surface area (Å²) in [5.74, 6) is -1.23. The van der Waals surface area contributed by atoms with E-state index >= 15 is 0 Å². The van der Waals surface area contributed by atoms with E-state index in [9.17, 15) is 14.4 Å². The van der Waals surface area contributed by atoms with E-state index < -0.39 is 24.0 Å². The van der Waals surface area contributed by atoms with E-state index in [1.807, 2.05) is 12.1 Å². The van der Waals surface area contributed by atoms with E-state index in [2.05, 4.69) is 15.6 Å². The minimum absolute atomic E-state index is 0.243. The smallest absolute Gasteiger partial charge is 0.331 e. The van der Waals surface area contributed by atoms with Crippen LogP contribution in [0.2, 0.25) is 0 Å². The number of oxazole rings is 1. The normalized spacial score (nSPS) is 12.1. The number of hydrogen-bond acceptors (Lipinski definition) is 6. The Morgan fingerprint density at radius 3 is 2.79 bits per heavy atom. The maximum absolute atomic E-state index is 11.7. The van der Waals surface area contributed by atoms with Gasteiger partial charge in [0.05, 0.1) is 0 Å². The molecule has 2 N–H and O–H groups in total. The maximum Gasteiger partial charge on any atom is 0.331 e. The van der Waals surface area contributed by atoms with Gasteiger partial charge in [-0.25, -0.2) is 14.6 Å². The first kappa shape index (κ1) is 17.2. The predicted molar refractivity (Wildman–Crippen MR) is 85.8 cm³/mol. The first-order valence-corrected chi connectivity index (χ1v) is 7.32. The third-order valence-corrected chi connectivity index (χ3v) is 2.91. The minimum atomic E-state index is -1.12. The van der Waals surface area contributed by atoms with Gasteiger partial charge >= 0.3 is 12.0 Å². The molecule has 8 heteroatoms. The Labute approximate surface area is 137 Å². The molecule has 0 aliphatic heterocycles. The van der Waals surface area contributed by atoms with E-state index in [1.54, 1.807) is 19.1 Å². The molecule has 1 aromatic heterocycles. The van der Waals surface area contributed by atoms with Gasteiger partial charge in [0.2, 0.25) is 5.89 Å². The summed E-state index contributed by atoms with van der Waals surface area (Å²) >= 11 is 0. The van der Waals surface area contributed by atoms with Crippen molar-refractivity contribution in [3.63, 3.8) is 0 Å². The number of esters is 1. The summed E-state index contributed by atoms with van der Waals surface area (Å²) in [6.45, 7) is 3.45. The minimum Gasteiger partial charge on any atom is -0.449 e. The number of benzene rings is 1. The second kappa shape index (κ2) is 7.91. The van der Waals surface area contributed by atoms with E-state index in [4.69, 9.17) is 9.15 Å². The van der Waals surface area contributed by atoms with Crippen LogP contribution in [0.25, 0.3) is 17.2 Å². The summed E-state index contributed by atoms with van der Waals surface area (Å²) in [6, 6.07) is 6.52. The SMILES string of the molecule is CCNC(=O)NC(=O)[C@@H](C)OC(=O)/C=C/c1nc2ccccc2o1. The second-order valence-electron chi connectivity index (χ2n) is 4.78. The van der Waals surface area contributed by atoms with Crippen LogP contribution in [0.4, 0.5) is 4.79 Å². The number of nitrogens with one attached hydrogen (secondary N) is 2. The Bertz CT molecular complexity index is 748. The molecule has 24 heavy (non-hydrogen) atoms. The highest BCUT2D eigenvalue weighted by Gasteiger charge is 2.18. The molecule has 1 heterocycles. The van der Waals surface area contributed by atoms with Gasteiger partial charge in [-0.2, -0.15) is 0 Å². The van der Waals surface area contributed by atoms with Gasteiger partial charge < -0.3 is 14.5 Å². The lowest BCUT2D eigenvalue weighted by molar-refractivity contribution is -0.149. The molecule has 0 unspecified atom stereocenters. The lowest BCUT2D eigenvalue weighted by Gasteiger charge is -2.11. The average molecular weight is 331 g/mol. The zero-order valence-corrected chi connectivity index (χ0v) is 13.2. The monoisotopic (exact) mass is 331 g/mol. The number of nitrogens with zero attached hydrogens (tertiary/aromatic N) is 1. The van der Waals surface area contributed by atoms with Gasteiger partial charge in [-0.15, -0.1) is 0 Å². The average Bonchev–Trinajstić information content (AvgIpc) is 2.96. The van der Waals surface area contributed by atoms with Crippen LogP contribution in [-0.4, -0.2) is 35.5 Å². The first-order valence-electron chi connectivity index (χ1n) is 7.32. The summed E-state index contributed by atoms with van der Waals surface area (Å²) in [7, 11) is 0. The Hall–Kier alpha value is -3.16. The summed E-state index contributed by atoms with van der Waals surface area (Å²) in [5.41, 5.74) is 1.26. The number of imide groups is 1. The van der Waals surface area contributed by atoms with Crippen molar-refractivity contribution in [1.29, 1.82) is 0 Å². The molecule has 1 atom stereocenters. The number of amides is 3. The Balaban J connectivity index is 1.89. The van der Waals surface area contributed by atoms with Crippen molar-refractivity contribution in [2.24, 2.45) is 0 Å². The second-order valence-corrected chi connectivity index (χ2v) is 4.78. The number of aromatic nitrogens is 1. The van der Waals surface area contributed by atoms with Crippen molar-refractivity contribution in [1.82, 2.24) is 15.6 Å². The maximum atomic E-state index is 11.7. The molecule has 0 saturated carbocycles. The quantitative estimate of drug-likeness (QED) is 0.636. The summed E-state index contributed by atoms with van der Waals surface area (Å²) in [6.07, 6.45) is 1.32. The fourth-order valence-electron chi connectivity index (χ4n) is 1.79. The predicted octanol–water partition coefficient (Wildman–Crippen LogP) is 1.62. The Kier molecular flexibility index (Phi) is 5.67. The van der Waals surface area contributed by atoms with Gasteiger partial charge in [0.25, 0.3) is 5.91 Å². The van der Waals surface area contributed by atoms with E-state index in [0.717, 1.165) is 6.08 Å². The van der Waals surface area contributed by atoms with Crippen LogP contribution >= 0.6 is 0 Å². The Morgan fingerprint density at radius 1 is 1.33 bits per heavy atom. The van der Waals surface area contributed by atoms with Crippen LogP contribution in [0.5, 0.6) is 0 Å². The van der Waals surface area contributed by atoms with Crippen LogP contribution in [-0.2, 0) is 14.3 Å².